The predicted molar refractivity (Wildman–Crippen MR) is 105 cm³/mol. The zero-order valence-corrected chi connectivity index (χ0v) is 16.3. The number of nitrogens with zero attached hydrogens (tertiary/aromatic N) is 3. The lowest BCUT2D eigenvalue weighted by atomic mass is 10.1. The summed E-state index contributed by atoms with van der Waals surface area (Å²) in [5.74, 6) is 2.32. The van der Waals surface area contributed by atoms with E-state index in [1.807, 2.05) is 24.7 Å². The third kappa shape index (κ3) is 3.76. The Morgan fingerprint density at radius 3 is 2.56 bits per heavy atom. The van der Waals surface area contributed by atoms with Crippen LogP contribution in [0.3, 0.4) is 0 Å². The number of hydrogen-bond acceptors (Lipinski definition) is 5. The summed E-state index contributed by atoms with van der Waals surface area (Å²) < 4.78 is 19.7. The summed E-state index contributed by atoms with van der Waals surface area (Å²) in [6, 6.07) is 4.37. The minimum absolute atomic E-state index is 0.390. The Morgan fingerprint density at radius 1 is 1.11 bits per heavy atom. The zero-order chi connectivity index (χ0) is 18.6. The van der Waals surface area contributed by atoms with Crippen molar-refractivity contribution in [2.75, 3.05) is 40.0 Å². The van der Waals surface area contributed by atoms with Crippen molar-refractivity contribution in [1.29, 1.82) is 0 Å². The van der Waals surface area contributed by atoms with E-state index in [1.54, 1.807) is 7.11 Å². The highest BCUT2D eigenvalue weighted by atomic mass is 16.5. The molecule has 0 spiro atoms. The Morgan fingerprint density at radius 2 is 1.85 bits per heavy atom. The molecule has 3 heterocycles. The van der Waals surface area contributed by atoms with Crippen molar-refractivity contribution in [3.8, 4) is 28.5 Å². The molecular weight excluding hydrogens is 342 g/mol. The van der Waals surface area contributed by atoms with Crippen LogP contribution in [0.4, 0.5) is 0 Å². The summed E-state index contributed by atoms with van der Waals surface area (Å²) in [5.41, 5.74) is 2.06. The molecule has 4 rings (SSSR count). The van der Waals surface area contributed by atoms with Gasteiger partial charge in [-0.1, -0.05) is 6.92 Å². The van der Waals surface area contributed by atoms with E-state index < -0.39 is 0 Å². The van der Waals surface area contributed by atoms with Crippen LogP contribution in [-0.2, 0) is 0 Å². The van der Waals surface area contributed by atoms with E-state index in [9.17, 15) is 0 Å². The number of rotatable bonds is 6. The molecule has 2 aliphatic heterocycles. The van der Waals surface area contributed by atoms with E-state index >= 15 is 0 Å². The Bertz CT molecular complexity index is 768. The molecule has 1 fully saturated rings. The van der Waals surface area contributed by atoms with Gasteiger partial charge in [0.2, 0.25) is 0 Å². The van der Waals surface area contributed by atoms with Crippen LogP contribution in [0.1, 0.15) is 38.6 Å². The fraction of sp³-hybridized carbons (Fsp3) is 0.571. The highest BCUT2D eigenvalue weighted by molar-refractivity contribution is 5.72. The summed E-state index contributed by atoms with van der Waals surface area (Å²) in [7, 11) is 1.70. The Hall–Kier alpha value is -2.21. The van der Waals surface area contributed by atoms with Gasteiger partial charge in [-0.05, 0) is 38.4 Å². The maximum Gasteiger partial charge on any atom is 0.164 e. The number of benzene rings is 1. The monoisotopic (exact) mass is 371 g/mol. The van der Waals surface area contributed by atoms with Crippen molar-refractivity contribution in [2.24, 2.45) is 0 Å². The third-order valence-electron chi connectivity index (χ3n) is 5.54. The smallest absolute Gasteiger partial charge is 0.164 e. The van der Waals surface area contributed by atoms with Crippen molar-refractivity contribution < 1.29 is 14.2 Å². The average molecular weight is 371 g/mol. The molecule has 0 saturated carbocycles. The van der Waals surface area contributed by atoms with Crippen LogP contribution in [0, 0.1) is 0 Å². The molecule has 2 aliphatic rings. The van der Waals surface area contributed by atoms with Gasteiger partial charge in [-0.25, -0.2) is 4.98 Å². The van der Waals surface area contributed by atoms with Gasteiger partial charge in [0.25, 0.3) is 0 Å². The van der Waals surface area contributed by atoms with Crippen LogP contribution in [0.25, 0.3) is 11.3 Å². The summed E-state index contributed by atoms with van der Waals surface area (Å²) in [6.45, 7) is 7.05. The largest absolute Gasteiger partial charge is 0.496 e. The van der Waals surface area contributed by atoms with Crippen LogP contribution in [-0.4, -0.2) is 54.4 Å². The normalized spacial score (nSPS) is 18.3. The molecule has 1 aromatic carbocycles. The number of likely N-dealkylation sites (tertiary alicyclic amines) is 1. The molecule has 2 aromatic rings. The van der Waals surface area contributed by atoms with Crippen molar-refractivity contribution in [3.63, 3.8) is 0 Å². The average Bonchev–Trinajstić information content (AvgIpc) is 3.33. The van der Waals surface area contributed by atoms with Crippen LogP contribution in [0.15, 0.2) is 24.7 Å². The Kier molecular flexibility index (Phi) is 5.53. The van der Waals surface area contributed by atoms with Gasteiger partial charge in [0.05, 0.1) is 38.5 Å². The highest BCUT2D eigenvalue weighted by Gasteiger charge is 2.23. The quantitative estimate of drug-likeness (QED) is 0.774. The van der Waals surface area contributed by atoms with Crippen LogP contribution < -0.4 is 14.2 Å². The minimum atomic E-state index is 0.390. The Labute approximate surface area is 161 Å². The molecule has 6 nitrogen and oxygen atoms in total. The molecule has 6 heteroatoms. The first-order valence-electron chi connectivity index (χ1n) is 10.0. The second-order valence-electron chi connectivity index (χ2n) is 7.31. The van der Waals surface area contributed by atoms with Gasteiger partial charge in [-0.15, -0.1) is 0 Å². The molecule has 1 atom stereocenters. The van der Waals surface area contributed by atoms with Gasteiger partial charge >= 0.3 is 0 Å². The molecule has 0 amide bonds. The number of hydrogen-bond donors (Lipinski definition) is 0. The van der Waals surface area contributed by atoms with E-state index in [-0.39, 0.29) is 0 Å². The summed E-state index contributed by atoms with van der Waals surface area (Å²) >= 11 is 0. The van der Waals surface area contributed by atoms with Gasteiger partial charge in [-0.2, -0.15) is 0 Å². The topological polar surface area (TPSA) is 48.8 Å². The first-order chi connectivity index (χ1) is 13.3. The predicted octanol–water partition coefficient (Wildman–Crippen LogP) is 3.77. The molecule has 0 aliphatic carbocycles. The molecule has 1 unspecified atom stereocenters. The lowest BCUT2D eigenvalue weighted by molar-refractivity contribution is 0.273. The molecule has 0 N–H and O–H groups in total. The summed E-state index contributed by atoms with van der Waals surface area (Å²) in [5, 5.41) is 0. The summed E-state index contributed by atoms with van der Waals surface area (Å²) in [4.78, 5) is 7.02. The molecule has 27 heavy (non-hydrogen) atoms. The number of aromatic nitrogens is 2. The second-order valence-corrected chi connectivity index (χ2v) is 7.31. The van der Waals surface area contributed by atoms with E-state index in [0.717, 1.165) is 47.9 Å². The van der Waals surface area contributed by atoms with E-state index in [4.69, 9.17) is 14.2 Å². The second kappa shape index (κ2) is 8.21. The minimum Gasteiger partial charge on any atom is -0.496 e. The van der Waals surface area contributed by atoms with Crippen molar-refractivity contribution in [3.05, 3.63) is 24.7 Å². The SMILES string of the molecule is CCC(CN1CCCC1)n1cncc1-c1cc2c(cc1OC)OCCCO2. The molecule has 1 aromatic heterocycles. The standard InChI is InChI=1S/C21H29N3O3/c1-3-16(14-23-7-4-5-8-23)24-15-22-13-18(24)17-11-20-21(12-19(17)25-2)27-10-6-9-26-20/h11-13,15-16H,3-10,14H2,1-2H3. The van der Waals surface area contributed by atoms with E-state index in [1.165, 1.54) is 25.9 Å². The third-order valence-corrected chi connectivity index (χ3v) is 5.54. The first kappa shape index (κ1) is 18.2. The van der Waals surface area contributed by atoms with Crippen molar-refractivity contribution in [2.45, 2.75) is 38.6 Å². The van der Waals surface area contributed by atoms with Gasteiger partial charge in [-0.3, -0.25) is 0 Å². The number of ether oxygens (including phenoxy) is 3. The van der Waals surface area contributed by atoms with E-state index in [2.05, 4.69) is 21.4 Å². The van der Waals surface area contributed by atoms with Crippen LogP contribution >= 0.6 is 0 Å². The van der Waals surface area contributed by atoms with Crippen LogP contribution in [0.2, 0.25) is 0 Å². The maximum absolute atomic E-state index is 5.90. The molecule has 146 valence electrons. The molecule has 0 radical (unpaired) electrons. The van der Waals surface area contributed by atoms with Gasteiger partial charge < -0.3 is 23.7 Å². The number of methoxy groups -OCH3 is 1. The van der Waals surface area contributed by atoms with Crippen molar-refractivity contribution >= 4 is 0 Å². The lowest BCUT2D eigenvalue weighted by Crippen LogP contribution is -2.28. The molecular formula is C21H29N3O3. The highest BCUT2D eigenvalue weighted by Crippen LogP contribution is 2.41. The fourth-order valence-corrected chi connectivity index (χ4v) is 4.04. The maximum atomic E-state index is 5.90. The molecule has 0 bridgehead atoms. The van der Waals surface area contributed by atoms with Gasteiger partial charge in [0.15, 0.2) is 11.5 Å². The lowest BCUT2D eigenvalue weighted by Gasteiger charge is -2.25. The van der Waals surface area contributed by atoms with Gasteiger partial charge in [0, 0.05) is 30.6 Å². The van der Waals surface area contributed by atoms with E-state index in [0.29, 0.717) is 19.3 Å². The Balaban J connectivity index is 1.69. The first-order valence-corrected chi connectivity index (χ1v) is 10.0. The summed E-state index contributed by atoms with van der Waals surface area (Å²) in [6.07, 6.45) is 8.44. The molecule has 1 saturated heterocycles. The van der Waals surface area contributed by atoms with Gasteiger partial charge in [0.1, 0.15) is 5.75 Å². The zero-order valence-electron chi connectivity index (χ0n) is 16.3. The van der Waals surface area contributed by atoms with Crippen LogP contribution in [0.5, 0.6) is 17.2 Å². The fourth-order valence-electron chi connectivity index (χ4n) is 4.04. The number of imidazole rings is 1. The van der Waals surface area contributed by atoms with Crippen molar-refractivity contribution in [1.82, 2.24) is 14.5 Å². The number of fused-ring (bicyclic) bond motifs is 1.